The highest BCUT2D eigenvalue weighted by Gasteiger charge is 2.37. The Hall–Kier alpha value is -0.370. The van der Waals surface area contributed by atoms with E-state index in [9.17, 15) is 4.79 Å². The molecule has 2 heterocycles. The predicted molar refractivity (Wildman–Crippen MR) is 33.8 cm³/mol. The molecule has 0 aromatic rings. The fraction of sp³-hybridized carbons (Fsp3) is 0.857. The summed E-state index contributed by atoms with van der Waals surface area (Å²) in [5.74, 6) is 0.816. The number of carbonyl (C=O) groups excluding carboxylic acids is 1. The van der Waals surface area contributed by atoms with Crippen molar-refractivity contribution in [2.24, 2.45) is 5.92 Å². The number of hydrogen-bond acceptors (Lipinski definition) is 2. The molecule has 0 aromatic carbocycles. The third kappa shape index (κ3) is 0.697. The van der Waals surface area contributed by atoms with Crippen molar-refractivity contribution in [3.05, 3.63) is 0 Å². The smallest absolute Gasteiger partial charge is 0.217 e. The zero-order valence-corrected chi connectivity index (χ0v) is 5.34. The zero-order chi connectivity index (χ0) is 6.27. The van der Waals surface area contributed by atoms with Crippen molar-refractivity contribution < 1.29 is 4.79 Å². The van der Waals surface area contributed by atoms with Gasteiger partial charge in [-0.05, 0) is 25.3 Å². The molecule has 0 spiro atoms. The molecule has 3 unspecified atom stereocenters. The second-order valence-electron chi connectivity index (χ2n) is 3.02. The van der Waals surface area contributed by atoms with Gasteiger partial charge in [-0.25, -0.2) is 0 Å². The molecule has 2 bridgehead atoms. The van der Waals surface area contributed by atoms with Crippen LogP contribution in [0.1, 0.15) is 12.8 Å². The molecule has 2 nitrogen and oxygen atoms in total. The van der Waals surface area contributed by atoms with Gasteiger partial charge in [-0.1, -0.05) is 0 Å². The van der Waals surface area contributed by atoms with E-state index in [1.165, 1.54) is 6.42 Å². The van der Waals surface area contributed by atoms with E-state index in [1.807, 2.05) is 0 Å². The topological polar surface area (TPSA) is 20.3 Å². The Labute approximate surface area is 54.8 Å². The van der Waals surface area contributed by atoms with Crippen LogP contribution < -0.4 is 0 Å². The van der Waals surface area contributed by atoms with Gasteiger partial charge in [0.1, 0.15) is 0 Å². The van der Waals surface area contributed by atoms with Gasteiger partial charge in [0.15, 0.2) is 0 Å². The quantitative estimate of drug-likeness (QED) is 0.497. The first-order chi connectivity index (χ1) is 4.40. The van der Waals surface area contributed by atoms with E-state index >= 15 is 0 Å². The lowest BCUT2D eigenvalue weighted by Crippen LogP contribution is -2.30. The van der Waals surface area contributed by atoms with Crippen LogP contribution >= 0.6 is 0 Å². The SMILES string of the molecule is O=[C]C1CC2CCN1C2. The average Bonchev–Trinajstić information content (AvgIpc) is 2.45. The van der Waals surface area contributed by atoms with Gasteiger partial charge < -0.3 is 0 Å². The molecule has 2 saturated heterocycles. The minimum atomic E-state index is 0.156. The van der Waals surface area contributed by atoms with Crippen LogP contribution in [0.5, 0.6) is 0 Å². The molecule has 2 heteroatoms. The van der Waals surface area contributed by atoms with Crippen molar-refractivity contribution in [1.82, 2.24) is 4.90 Å². The van der Waals surface area contributed by atoms with Crippen molar-refractivity contribution in [1.29, 1.82) is 0 Å². The van der Waals surface area contributed by atoms with Crippen LogP contribution in [-0.4, -0.2) is 30.3 Å². The van der Waals surface area contributed by atoms with Gasteiger partial charge in [0, 0.05) is 6.54 Å². The van der Waals surface area contributed by atoms with E-state index in [2.05, 4.69) is 11.2 Å². The third-order valence-corrected chi connectivity index (χ3v) is 2.45. The van der Waals surface area contributed by atoms with Crippen LogP contribution in [0.25, 0.3) is 0 Å². The van der Waals surface area contributed by atoms with Gasteiger partial charge in [-0.2, -0.15) is 0 Å². The second-order valence-corrected chi connectivity index (χ2v) is 3.02. The number of nitrogens with zero attached hydrogens (tertiary/aromatic N) is 1. The fourth-order valence-electron chi connectivity index (χ4n) is 1.93. The van der Waals surface area contributed by atoms with Crippen molar-refractivity contribution in [3.63, 3.8) is 0 Å². The first-order valence-electron chi connectivity index (χ1n) is 3.52. The molecule has 2 aliphatic rings. The van der Waals surface area contributed by atoms with Gasteiger partial charge in [0.2, 0.25) is 6.29 Å². The molecular weight excluding hydrogens is 114 g/mol. The van der Waals surface area contributed by atoms with E-state index in [0.717, 1.165) is 25.4 Å². The fourth-order valence-corrected chi connectivity index (χ4v) is 1.93. The molecule has 2 aliphatic heterocycles. The summed E-state index contributed by atoms with van der Waals surface area (Å²) in [5.41, 5.74) is 0. The Morgan fingerprint density at radius 3 is 2.78 bits per heavy atom. The minimum absolute atomic E-state index is 0.156. The zero-order valence-electron chi connectivity index (χ0n) is 5.34. The summed E-state index contributed by atoms with van der Waals surface area (Å²) in [6.07, 6.45) is 4.45. The Balaban J connectivity index is 2.09. The summed E-state index contributed by atoms with van der Waals surface area (Å²) in [7, 11) is 0. The maximum absolute atomic E-state index is 10.2. The molecule has 1 radical (unpaired) electrons. The Morgan fingerprint density at radius 1 is 1.56 bits per heavy atom. The monoisotopic (exact) mass is 124 g/mol. The van der Waals surface area contributed by atoms with Crippen molar-refractivity contribution in [2.75, 3.05) is 13.1 Å². The molecular formula is C7H10NO. The van der Waals surface area contributed by atoms with E-state index in [0.29, 0.717) is 0 Å². The van der Waals surface area contributed by atoms with Gasteiger partial charge >= 0.3 is 0 Å². The van der Waals surface area contributed by atoms with Gasteiger partial charge in [0.25, 0.3) is 0 Å². The van der Waals surface area contributed by atoms with Crippen LogP contribution in [0, 0.1) is 5.92 Å². The Morgan fingerprint density at radius 2 is 2.44 bits per heavy atom. The Bertz CT molecular complexity index is 135. The number of fused-ring (bicyclic) bond motifs is 2. The van der Waals surface area contributed by atoms with Gasteiger partial charge in [0.05, 0.1) is 6.04 Å². The summed E-state index contributed by atoms with van der Waals surface area (Å²) >= 11 is 0. The highest BCUT2D eigenvalue weighted by Crippen LogP contribution is 2.31. The summed E-state index contributed by atoms with van der Waals surface area (Å²) in [6.45, 7) is 2.28. The largest absolute Gasteiger partial charge is 0.293 e. The summed E-state index contributed by atoms with van der Waals surface area (Å²) in [6, 6.07) is 0.156. The standard InChI is InChI=1S/C7H10NO/c9-5-7-3-6-1-2-8(7)4-6/h6-7H,1-4H2. The van der Waals surface area contributed by atoms with Gasteiger partial charge in [-0.3, -0.25) is 9.69 Å². The molecule has 9 heavy (non-hydrogen) atoms. The highest BCUT2D eigenvalue weighted by molar-refractivity contribution is 5.59. The molecule has 2 rings (SSSR count). The summed E-state index contributed by atoms with van der Waals surface area (Å²) < 4.78 is 0. The van der Waals surface area contributed by atoms with Crippen molar-refractivity contribution in [2.45, 2.75) is 18.9 Å². The van der Waals surface area contributed by atoms with Crippen molar-refractivity contribution in [3.8, 4) is 0 Å². The van der Waals surface area contributed by atoms with E-state index < -0.39 is 0 Å². The summed E-state index contributed by atoms with van der Waals surface area (Å²) in [5, 5.41) is 0. The van der Waals surface area contributed by atoms with Crippen LogP contribution in [0.3, 0.4) is 0 Å². The molecule has 0 N–H and O–H groups in total. The predicted octanol–water partition coefficient (Wildman–Crippen LogP) is 0.190. The first kappa shape index (κ1) is 5.42. The number of piperidine rings is 1. The van der Waals surface area contributed by atoms with Crippen LogP contribution in [0.4, 0.5) is 0 Å². The highest BCUT2D eigenvalue weighted by atomic mass is 16.1. The van der Waals surface area contributed by atoms with E-state index in [1.54, 1.807) is 0 Å². The van der Waals surface area contributed by atoms with Crippen LogP contribution in [0.15, 0.2) is 0 Å². The average molecular weight is 124 g/mol. The Kier molecular flexibility index (Phi) is 1.09. The summed E-state index contributed by atoms with van der Waals surface area (Å²) in [4.78, 5) is 12.5. The first-order valence-corrected chi connectivity index (χ1v) is 3.52. The lowest BCUT2D eigenvalue weighted by Gasteiger charge is -2.17. The molecule has 3 atom stereocenters. The minimum Gasteiger partial charge on any atom is -0.293 e. The van der Waals surface area contributed by atoms with Crippen LogP contribution in [0.2, 0.25) is 0 Å². The second kappa shape index (κ2) is 1.81. The maximum Gasteiger partial charge on any atom is 0.217 e. The molecule has 0 saturated carbocycles. The lowest BCUT2D eigenvalue weighted by atomic mass is 10.0. The molecule has 49 valence electrons. The van der Waals surface area contributed by atoms with Crippen LogP contribution in [-0.2, 0) is 4.79 Å². The molecule has 0 amide bonds. The maximum atomic E-state index is 10.2. The third-order valence-electron chi connectivity index (χ3n) is 2.45. The normalized spacial score (nSPS) is 47.8. The molecule has 0 aromatic heterocycles. The lowest BCUT2D eigenvalue weighted by molar-refractivity contribution is 0.312. The molecule has 0 aliphatic carbocycles. The van der Waals surface area contributed by atoms with E-state index in [-0.39, 0.29) is 6.04 Å². The number of rotatable bonds is 1. The molecule has 2 fully saturated rings. The number of hydrogen-bond donors (Lipinski definition) is 0. The van der Waals surface area contributed by atoms with E-state index in [4.69, 9.17) is 0 Å². The van der Waals surface area contributed by atoms with Crippen molar-refractivity contribution >= 4 is 6.29 Å². The van der Waals surface area contributed by atoms with Gasteiger partial charge in [-0.15, -0.1) is 0 Å².